The number of alkyl halides is 2. The number of rotatable bonds is 3. The van der Waals surface area contributed by atoms with E-state index in [0.717, 1.165) is 28.9 Å². The molecule has 0 spiro atoms. The number of carboxylic acids is 1. The molecule has 0 aliphatic carbocycles. The minimum Gasteiger partial charge on any atom is -0.478 e. The molecule has 0 fully saturated rings. The topological polar surface area (TPSA) is 94.0 Å². The van der Waals surface area contributed by atoms with Gasteiger partial charge in [0, 0.05) is 35.1 Å². The van der Waals surface area contributed by atoms with Crippen LogP contribution in [0, 0.1) is 12.7 Å². The van der Waals surface area contributed by atoms with Gasteiger partial charge in [-0.2, -0.15) is 0 Å². The number of nitrogens with zero attached hydrogens (tertiary/aromatic N) is 3. The predicted octanol–water partition coefficient (Wildman–Crippen LogP) is 4.58. The van der Waals surface area contributed by atoms with Crippen molar-refractivity contribution >= 4 is 16.9 Å². The van der Waals surface area contributed by atoms with Gasteiger partial charge in [-0.15, -0.1) is 0 Å². The number of carboxylic acid groups (broad SMARTS) is 1. The number of aryl methyl sites for hydroxylation is 1. The molecule has 0 radical (unpaired) electrons. The molecule has 2 heterocycles. The van der Waals surface area contributed by atoms with Crippen molar-refractivity contribution in [3.8, 4) is 11.4 Å². The summed E-state index contributed by atoms with van der Waals surface area (Å²) < 4.78 is 39.3. The van der Waals surface area contributed by atoms with E-state index >= 15 is 0 Å². The van der Waals surface area contributed by atoms with Crippen LogP contribution in [0.25, 0.3) is 22.3 Å². The molecule has 0 bridgehead atoms. The molecule has 9 heteroatoms. The fourth-order valence-electron chi connectivity index (χ4n) is 2.80. The van der Waals surface area contributed by atoms with Crippen LogP contribution in [0.4, 0.5) is 13.2 Å². The zero-order chi connectivity index (χ0) is 21.8. The Morgan fingerprint density at radius 2 is 1.83 bits per heavy atom. The van der Waals surface area contributed by atoms with E-state index in [1.54, 1.807) is 18.3 Å². The average Bonchev–Trinajstić information content (AvgIpc) is 3.01. The van der Waals surface area contributed by atoms with E-state index in [0.29, 0.717) is 5.56 Å². The lowest BCUT2D eigenvalue weighted by atomic mass is 10.1. The molecule has 2 aromatic heterocycles. The highest BCUT2D eigenvalue weighted by atomic mass is 19.3. The molecular weight excluding hydrogens is 397 g/mol. The van der Waals surface area contributed by atoms with Gasteiger partial charge >= 0.3 is 5.97 Å². The molecule has 2 aromatic carbocycles. The first-order valence-corrected chi connectivity index (χ1v) is 8.72. The summed E-state index contributed by atoms with van der Waals surface area (Å²) in [6.07, 6.45) is 1.49. The first-order valence-electron chi connectivity index (χ1n) is 8.72. The number of carbonyl (C=O) groups is 1. The van der Waals surface area contributed by atoms with Gasteiger partial charge in [0.05, 0.1) is 11.1 Å². The van der Waals surface area contributed by atoms with Gasteiger partial charge in [-0.1, -0.05) is 18.2 Å². The third-order valence-electron chi connectivity index (χ3n) is 4.29. The molecule has 30 heavy (non-hydrogen) atoms. The number of aromatic carboxylic acids is 1. The van der Waals surface area contributed by atoms with Gasteiger partial charge in [0.15, 0.2) is 5.82 Å². The number of aromatic nitrogens is 3. The number of halogens is 3. The van der Waals surface area contributed by atoms with Crippen molar-refractivity contribution in [2.75, 3.05) is 5.84 Å². The molecule has 0 unspecified atom stereocenters. The van der Waals surface area contributed by atoms with Gasteiger partial charge < -0.3 is 10.9 Å². The highest BCUT2D eigenvalue weighted by molar-refractivity contribution is 5.87. The zero-order valence-corrected chi connectivity index (χ0v) is 15.8. The second-order valence-electron chi connectivity index (χ2n) is 6.41. The molecule has 0 amide bonds. The van der Waals surface area contributed by atoms with Gasteiger partial charge in [0.25, 0.3) is 6.43 Å². The third kappa shape index (κ3) is 4.57. The predicted molar refractivity (Wildman–Crippen MR) is 106 cm³/mol. The Hall–Kier alpha value is -3.88. The quantitative estimate of drug-likeness (QED) is 0.479. The Bertz CT molecular complexity index is 1190. The molecule has 0 aliphatic rings. The lowest BCUT2D eigenvalue weighted by Gasteiger charge is -2.03. The van der Waals surface area contributed by atoms with E-state index < -0.39 is 12.4 Å². The number of nitrogen functional groups attached to an aromatic ring is 1. The Morgan fingerprint density at radius 1 is 1.13 bits per heavy atom. The summed E-state index contributed by atoms with van der Waals surface area (Å²) in [7, 11) is 0. The highest BCUT2D eigenvalue weighted by Gasteiger charge is 2.10. The van der Waals surface area contributed by atoms with Crippen molar-refractivity contribution in [3.05, 3.63) is 83.6 Å². The number of benzene rings is 2. The normalized spacial score (nSPS) is 10.7. The van der Waals surface area contributed by atoms with Crippen molar-refractivity contribution < 1.29 is 23.1 Å². The molecule has 3 N–H and O–H groups in total. The summed E-state index contributed by atoms with van der Waals surface area (Å²) in [6.45, 7) is 1.91. The Morgan fingerprint density at radius 3 is 2.47 bits per heavy atom. The molecular formula is C21H17F3N4O2. The van der Waals surface area contributed by atoms with E-state index in [2.05, 4.69) is 9.97 Å². The van der Waals surface area contributed by atoms with Crippen molar-refractivity contribution in [1.29, 1.82) is 0 Å². The first-order chi connectivity index (χ1) is 14.3. The second kappa shape index (κ2) is 8.64. The minimum atomic E-state index is -2.57. The van der Waals surface area contributed by atoms with Gasteiger partial charge in [-0.3, -0.25) is 4.68 Å². The summed E-state index contributed by atoms with van der Waals surface area (Å²) in [5.74, 6) is 4.47. The van der Waals surface area contributed by atoms with E-state index in [1.807, 2.05) is 6.92 Å². The summed E-state index contributed by atoms with van der Waals surface area (Å²) in [5.41, 5.74) is 2.09. The van der Waals surface area contributed by atoms with Crippen LogP contribution in [-0.2, 0) is 0 Å². The largest absolute Gasteiger partial charge is 0.478 e. The smallest absolute Gasteiger partial charge is 0.338 e. The van der Waals surface area contributed by atoms with Crippen molar-refractivity contribution in [2.45, 2.75) is 13.3 Å². The fraction of sp³-hybridized carbons (Fsp3) is 0.0952. The van der Waals surface area contributed by atoms with Crippen molar-refractivity contribution in [3.63, 3.8) is 0 Å². The molecule has 0 atom stereocenters. The maximum Gasteiger partial charge on any atom is 0.338 e. The summed E-state index contributed by atoms with van der Waals surface area (Å²) in [4.78, 5) is 18.3. The number of hydrogen-bond acceptors (Lipinski definition) is 4. The first kappa shape index (κ1) is 20.8. The van der Waals surface area contributed by atoms with Crippen LogP contribution in [-0.4, -0.2) is 25.7 Å². The maximum atomic E-state index is 12.8. The van der Waals surface area contributed by atoms with Crippen LogP contribution >= 0.6 is 0 Å². The third-order valence-corrected chi connectivity index (χ3v) is 4.29. The van der Waals surface area contributed by atoms with Gasteiger partial charge in [-0.05, 0) is 36.8 Å². The van der Waals surface area contributed by atoms with E-state index in [-0.39, 0.29) is 22.8 Å². The van der Waals surface area contributed by atoms with Crippen LogP contribution in [0.3, 0.4) is 0 Å². The Kier molecular flexibility index (Phi) is 6.01. The zero-order valence-electron chi connectivity index (χ0n) is 15.8. The summed E-state index contributed by atoms with van der Waals surface area (Å²) >= 11 is 0. The number of nitrogens with two attached hydrogens (primary N) is 1. The van der Waals surface area contributed by atoms with Crippen LogP contribution in [0.5, 0.6) is 0 Å². The van der Waals surface area contributed by atoms with Gasteiger partial charge in [0.2, 0.25) is 0 Å². The maximum absolute atomic E-state index is 12.8. The second-order valence-corrected chi connectivity index (χ2v) is 6.41. The Balaban J connectivity index is 0.000000184. The van der Waals surface area contributed by atoms with E-state index in [1.165, 1.54) is 35.0 Å². The van der Waals surface area contributed by atoms with E-state index in [9.17, 15) is 18.0 Å². The standard InChI is InChI=1S/C12H8F2N2O2.C9H9FN2/c13-10(14)7-2-1-3-8(4-7)11-15-5-9(6-16-11)12(17)18;1-6-5-12(11)9-3-2-7(10)4-8(6)9/h1-6,10H,(H,17,18);2-5H,11H2,1H3. The summed E-state index contributed by atoms with van der Waals surface area (Å²) in [6, 6.07) is 10.2. The highest BCUT2D eigenvalue weighted by Crippen LogP contribution is 2.23. The minimum absolute atomic E-state index is 0.0521. The number of fused-ring (bicyclic) bond motifs is 1. The van der Waals surface area contributed by atoms with Crippen LogP contribution in [0.1, 0.15) is 27.9 Å². The SMILES string of the molecule is Cc1cn(N)c2ccc(F)cc12.O=C(O)c1cnc(-c2cccc(C(F)F)c2)nc1. The molecule has 154 valence electrons. The molecule has 0 saturated carbocycles. The molecule has 0 aliphatic heterocycles. The van der Waals surface area contributed by atoms with Gasteiger partial charge in [0.1, 0.15) is 5.82 Å². The number of hydrogen-bond donors (Lipinski definition) is 2. The fourth-order valence-corrected chi connectivity index (χ4v) is 2.80. The lowest BCUT2D eigenvalue weighted by molar-refractivity contribution is 0.0696. The van der Waals surface area contributed by atoms with Crippen LogP contribution in [0.2, 0.25) is 0 Å². The molecule has 4 aromatic rings. The van der Waals surface area contributed by atoms with Crippen molar-refractivity contribution in [1.82, 2.24) is 14.6 Å². The summed E-state index contributed by atoms with van der Waals surface area (Å²) in [5, 5.41) is 9.56. The molecule has 4 rings (SSSR count). The van der Waals surface area contributed by atoms with Gasteiger partial charge in [-0.25, -0.2) is 27.9 Å². The van der Waals surface area contributed by atoms with Crippen molar-refractivity contribution in [2.24, 2.45) is 0 Å². The monoisotopic (exact) mass is 414 g/mol. The van der Waals surface area contributed by atoms with Crippen LogP contribution < -0.4 is 5.84 Å². The van der Waals surface area contributed by atoms with Crippen LogP contribution in [0.15, 0.2) is 61.1 Å². The average molecular weight is 414 g/mol. The Labute approximate surface area is 169 Å². The van der Waals surface area contributed by atoms with E-state index in [4.69, 9.17) is 10.9 Å². The molecule has 0 saturated heterocycles. The lowest BCUT2D eigenvalue weighted by Crippen LogP contribution is -2.04. The molecule has 6 nitrogen and oxygen atoms in total.